The van der Waals surface area contributed by atoms with Gasteiger partial charge in [0.1, 0.15) is 11.3 Å². The fraction of sp³-hybridized carbons (Fsp3) is 0.0526. The van der Waals surface area contributed by atoms with Crippen molar-refractivity contribution >= 4 is 46.8 Å². The average Bonchev–Trinajstić information content (AvgIpc) is 2.65. The molecule has 7 nitrogen and oxygen atoms in total. The minimum absolute atomic E-state index is 0.00612. The molecular weight excluding hydrogens is 366 g/mol. The number of nitrogens with one attached hydrogen (secondary N) is 1. The van der Waals surface area contributed by atoms with E-state index in [0.29, 0.717) is 17.0 Å². The Balaban J connectivity index is 1.98. The van der Waals surface area contributed by atoms with Gasteiger partial charge in [-0.15, -0.1) is 0 Å². The molecule has 2 aromatic carbocycles. The summed E-state index contributed by atoms with van der Waals surface area (Å²) < 4.78 is 5.34. The maximum absolute atomic E-state index is 12.9. The van der Waals surface area contributed by atoms with Crippen LogP contribution in [-0.2, 0) is 14.4 Å². The second-order valence-electron chi connectivity index (χ2n) is 5.59. The van der Waals surface area contributed by atoms with Gasteiger partial charge < -0.3 is 10.5 Å². The van der Waals surface area contributed by atoms with Crippen molar-refractivity contribution in [1.29, 1.82) is 0 Å². The Hall–Kier alpha value is -3.52. The van der Waals surface area contributed by atoms with E-state index in [2.05, 4.69) is 5.32 Å². The van der Waals surface area contributed by atoms with Gasteiger partial charge in [0.2, 0.25) is 0 Å². The van der Waals surface area contributed by atoms with Crippen molar-refractivity contribution in [3.05, 3.63) is 65.7 Å². The van der Waals surface area contributed by atoms with E-state index < -0.39 is 17.7 Å². The summed E-state index contributed by atoms with van der Waals surface area (Å²) >= 11 is 5.15. The summed E-state index contributed by atoms with van der Waals surface area (Å²) in [6.45, 7) is -0.319. The van der Waals surface area contributed by atoms with Gasteiger partial charge in [0.05, 0.1) is 5.69 Å². The smallest absolute Gasteiger partial charge is 0.270 e. The highest BCUT2D eigenvalue weighted by Gasteiger charge is 2.34. The molecule has 0 bridgehead atoms. The highest BCUT2D eigenvalue weighted by atomic mass is 32.1. The summed E-state index contributed by atoms with van der Waals surface area (Å²) in [5.74, 6) is -1.48. The van der Waals surface area contributed by atoms with E-state index in [1.807, 2.05) is 6.07 Å². The number of amides is 3. The molecule has 8 heteroatoms. The number of para-hydroxylation sites is 2. The number of ether oxygens (including phenoxy) is 1. The van der Waals surface area contributed by atoms with E-state index >= 15 is 0 Å². The van der Waals surface area contributed by atoms with Crippen molar-refractivity contribution < 1.29 is 19.1 Å². The standard InChI is InChI=1S/C19H15N3O4S/c20-16(23)11-26-15-9-5-4-6-12(15)10-14-17(24)21-19(27)22(18(14)25)13-7-2-1-3-8-13/h1-10H,11H2,(H2,20,23)(H,21,24,27)/b14-10-. The quantitative estimate of drug-likeness (QED) is 0.463. The van der Waals surface area contributed by atoms with Crippen LogP contribution in [0.2, 0.25) is 0 Å². The van der Waals surface area contributed by atoms with E-state index in [9.17, 15) is 14.4 Å². The van der Waals surface area contributed by atoms with E-state index in [-0.39, 0.29) is 17.3 Å². The fourth-order valence-corrected chi connectivity index (χ4v) is 2.79. The maximum atomic E-state index is 12.9. The van der Waals surface area contributed by atoms with Crippen molar-refractivity contribution in [2.45, 2.75) is 0 Å². The van der Waals surface area contributed by atoms with Gasteiger partial charge in [-0.25, -0.2) is 0 Å². The van der Waals surface area contributed by atoms with E-state index in [4.69, 9.17) is 22.7 Å². The second-order valence-corrected chi connectivity index (χ2v) is 5.97. The molecule has 27 heavy (non-hydrogen) atoms. The van der Waals surface area contributed by atoms with Crippen molar-refractivity contribution in [3.63, 3.8) is 0 Å². The lowest BCUT2D eigenvalue weighted by Crippen LogP contribution is -2.54. The zero-order valence-electron chi connectivity index (χ0n) is 14.0. The Morgan fingerprint density at radius 2 is 1.78 bits per heavy atom. The molecule has 3 amide bonds. The highest BCUT2D eigenvalue weighted by Crippen LogP contribution is 2.25. The average molecular weight is 381 g/mol. The van der Waals surface area contributed by atoms with Gasteiger partial charge in [-0.1, -0.05) is 36.4 Å². The highest BCUT2D eigenvalue weighted by molar-refractivity contribution is 7.80. The van der Waals surface area contributed by atoms with E-state index in [1.54, 1.807) is 48.5 Å². The molecule has 1 saturated heterocycles. The summed E-state index contributed by atoms with van der Waals surface area (Å²) in [7, 11) is 0. The Labute approximate surface area is 160 Å². The molecule has 136 valence electrons. The third-order valence-corrected chi connectivity index (χ3v) is 3.99. The number of carbonyl (C=O) groups excluding carboxylic acids is 3. The third kappa shape index (κ3) is 4.01. The number of thiocarbonyl (C=S) groups is 1. The molecule has 0 aliphatic carbocycles. The van der Waals surface area contributed by atoms with Gasteiger partial charge in [0.25, 0.3) is 17.7 Å². The van der Waals surface area contributed by atoms with Crippen LogP contribution in [0.25, 0.3) is 6.08 Å². The number of nitrogens with zero attached hydrogens (tertiary/aromatic N) is 1. The summed E-state index contributed by atoms with van der Waals surface area (Å²) in [5.41, 5.74) is 5.98. The zero-order chi connectivity index (χ0) is 19.4. The number of rotatable bonds is 5. The summed E-state index contributed by atoms with van der Waals surface area (Å²) in [5, 5.41) is 2.52. The Kier molecular flexibility index (Phi) is 5.28. The molecule has 0 radical (unpaired) electrons. The predicted molar refractivity (Wildman–Crippen MR) is 104 cm³/mol. The van der Waals surface area contributed by atoms with Gasteiger partial charge in [0.15, 0.2) is 11.7 Å². The van der Waals surface area contributed by atoms with Crippen LogP contribution in [0.3, 0.4) is 0 Å². The van der Waals surface area contributed by atoms with Crippen LogP contribution in [0.1, 0.15) is 5.56 Å². The lowest BCUT2D eigenvalue weighted by Gasteiger charge is -2.28. The molecule has 0 aromatic heterocycles. The minimum atomic E-state index is -0.635. The first-order valence-corrected chi connectivity index (χ1v) is 8.35. The molecule has 0 spiro atoms. The van der Waals surface area contributed by atoms with Crippen LogP contribution in [0.5, 0.6) is 5.75 Å². The molecule has 1 aliphatic heterocycles. The molecule has 0 saturated carbocycles. The van der Waals surface area contributed by atoms with Crippen molar-refractivity contribution in [2.75, 3.05) is 11.5 Å². The molecular formula is C19H15N3O4S. The largest absolute Gasteiger partial charge is 0.483 e. The van der Waals surface area contributed by atoms with Crippen LogP contribution in [0.15, 0.2) is 60.2 Å². The number of carbonyl (C=O) groups is 3. The maximum Gasteiger partial charge on any atom is 0.270 e. The molecule has 1 heterocycles. The Morgan fingerprint density at radius 1 is 1.11 bits per heavy atom. The molecule has 1 fully saturated rings. The lowest BCUT2D eigenvalue weighted by atomic mass is 10.1. The van der Waals surface area contributed by atoms with Gasteiger partial charge >= 0.3 is 0 Å². The third-order valence-electron chi connectivity index (χ3n) is 3.70. The van der Waals surface area contributed by atoms with E-state index in [0.717, 1.165) is 0 Å². The topological polar surface area (TPSA) is 102 Å². The monoisotopic (exact) mass is 381 g/mol. The lowest BCUT2D eigenvalue weighted by molar-refractivity contribution is -0.122. The summed E-state index contributed by atoms with van der Waals surface area (Å²) in [4.78, 5) is 37.5. The molecule has 2 aromatic rings. The number of primary amides is 1. The number of hydrogen-bond acceptors (Lipinski definition) is 5. The normalized spacial score (nSPS) is 15.6. The van der Waals surface area contributed by atoms with Gasteiger partial charge in [-0.05, 0) is 36.5 Å². The number of anilines is 1. The molecule has 0 unspecified atom stereocenters. The second kappa shape index (κ2) is 7.79. The van der Waals surface area contributed by atoms with E-state index in [1.165, 1.54) is 11.0 Å². The minimum Gasteiger partial charge on any atom is -0.483 e. The van der Waals surface area contributed by atoms with Crippen LogP contribution >= 0.6 is 12.2 Å². The summed E-state index contributed by atoms with van der Waals surface area (Å²) in [6, 6.07) is 15.4. The molecule has 0 atom stereocenters. The molecule has 3 N–H and O–H groups in total. The summed E-state index contributed by atoms with van der Waals surface area (Å²) in [6.07, 6.45) is 1.39. The van der Waals surface area contributed by atoms with Crippen molar-refractivity contribution in [1.82, 2.24) is 5.32 Å². The number of nitrogens with two attached hydrogens (primary N) is 1. The molecule has 3 rings (SSSR count). The Morgan fingerprint density at radius 3 is 2.48 bits per heavy atom. The first kappa shape index (κ1) is 18.3. The van der Waals surface area contributed by atoms with Crippen molar-refractivity contribution in [2.24, 2.45) is 5.73 Å². The SMILES string of the molecule is NC(=O)COc1ccccc1/C=C1/C(=O)NC(=S)N(c2ccccc2)C1=O. The van der Waals surface area contributed by atoms with Crippen molar-refractivity contribution in [3.8, 4) is 5.75 Å². The molecule has 1 aliphatic rings. The van der Waals surface area contributed by atoms with Gasteiger partial charge in [0, 0.05) is 5.56 Å². The van der Waals surface area contributed by atoms with Crippen LogP contribution in [0, 0.1) is 0 Å². The Bertz CT molecular complexity index is 956. The number of benzene rings is 2. The van der Waals surface area contributed by atoms with Gasteiger partial charge in [-0.2, -0.15) is 0 Å². The van der Waals surface area contributed by atoms with Crippen LogP contribution < -0.4 is 20.7 Å². The predicted octanol–water partition coefficient (Wildman–Crippen LogP) is 1.38. The fourth-order valence-electron chi connectivity index (χ4n) is 2.50. The van der Waals surface area contributed by atoms with Crippen LogP contribution in [0.4, 0.5) is 5.69 Å². The zero-order valence-corrected chi connectivity index (χ0v) is 14.9. The first-order chi connectivity index (χ1) is 13.0. The first-order valence-electron chi connectivity index (χ1n) is 7.94. The van der Waals surface area contributed by atoms with Gasteiger partial charge in [-0.3, -0.25) is 24.6 Å². The van der Waals surface area contributed by atoms with Crippen LogP contribution in [-0.4, -0.2) is 29.4 Å². The number of hydrogen-bond donors (Lipinski definition) is 2.